The van der Waals surface area contributed by atoms with Crippen LogP contribution in [0.3, 0.4) is 0 Å². The van der Waals surface area contributed by atoms with Crippen molar-refractivity contribution in [2.24, 2.45) is 0 Å². The van der Waals surface area contributed by atoms with E-state index in [4.69, 9.17) is 14.2 Å². The summed E-state index contributed by atoms with van der Waals surface area (Å²) in [4.78, 5) is 38.3. The molecule has 0 saturated heterocycles. The van der Waals surface area contributed by atoms with Gasteiger partial charge < -0.3 is 14.2 Å². The van der Waals surface area contributed by atoms with Gasteiger partial charge in [0.2, 0.25) is 0 Å². The summed E-state index contributed by atoms with van der Waals surface area (Å²) in [5.41, 5.74) is 0. The van der Waals surface area contributed by atoms with Crippen molar-refractivity contribution in [3.8, 4) is 0 Å². The predicted octanol–water partition coefficient (Wildman–Crippen LogP) is 22.7. The summed E-state index contributed by atoms with van der Waals surface area (Å²) in [7, 11) is 0. The first-order valence-electron chi connectivity index (χ1n) is 33.1. The van der Waals surface area contributed by atoms with E-state index in [-0.39, 0.29) is 31.1 Å². The maximum atomic E-state index is 12.9. The Morgan fingerprint density at radius 3 is 0.805 bits per heavy atom. The highest BCUT2D eigenvalue weighted by atomic mass is 16.6. The van der Waals surface area contributed by atoms with E-state index < -0.39 is 6.10 Å². The van der Waals surface area contributed by atoms with Gasteiger partial charge in [0.05, 0.1) is 0 Å². The molecule has 1 unspecified atom stereocenters. The first-order valence-corrected chi connectivity index (χ1v) is 33.1. The van der Waals surface area contributed by atoms with Crippen LogP contribution in [0.4, 0.5) is 0 Å². The second-order valence-electron chi connectivity index (χ2n) is 22.0. The second kappa shape index (κ2) is 65.1. The van der Waals surface area contributed by atoms with Crippen LogP contribution in [0.15, 0.2) is 85.1 Å². The number of ether oxygens (including phenoxy) is 3. The van der Waals surface area contributed by atoms with Gasteiger partial charge in [-0.1, -0.05) is 298 Å². The second-order valence-corrected chi connectivity index (χ2v) is 22.0. The van der Waals surface area contributed by atoms with Crippen LogP contribution in [0.25, 0.3) is 0 Å². The maximum Gasteiger partial charge on any atom is 0.306 e. The minimum atomic E-state index is -0.793. The number of carbonyl (C=O) groups is 3. The Balaban J connectivity index is 4.30. The molecular formula is C71H124O6. The topological polar surface area (TPSA) is 78.9 Å². The van der Waals surface area contributed by atoms with Crippen molar-refractivity contribution >= 4 is 17.9 Å². The van der Waals surface area contributed by atoms with Crippen molar-refractivity contribution in [3.63, 3.8) is 0 Å². The van der Waals surface area contributed by atoms with Crippen LogP contribution < -0.4 is 0 Å². The monoisotopic (exact) mass is 1070 g/mol. The maximum absolute atomic E-state index is 12.9. The standard InChI is InChI=1S/C71H124O6/c1-4-7-10-13-16-19-22-25-27-29-31-32-33-34-35-36-37-38-40-41-43-46-49-52-55-58-61-64-70(73)76-67-68(66-75-69(72)63-60-57-54-51-48-45-24-21-18-15-12-9-6-3)77-71(74)65-62-59-56-53-50-47-44-42-39-30-28-26-23-20-17-14-11-8-5-2/h8,11,17,20,22,25-26,28-29,31,39,42,47,50,68H,4-7,9-10,12-16,18-19,21,23-24,27,30,32-38,40-41,43-46,48-49,51-67H2,1-3H3/b11-8-,20-17-,25-22-,28-26-,31-29-,42-39-,50-47-. The number of hydrogen-bond acceptors (Lipinski definition) is 6. The van der Waals surface area contributed by atoms with Crippen molar-refractivity contribution in [2.75, 3.05) is 13.2 Å². The van der Waals surface area contributed by atoms with E-state index in [1.54, 1.807) is 0 Å². The summed E-state index contributed by atoms with van der Waals surface area (Å²) in [6, 6.07) is 0. The molecule has 0 N–H and O–H groups in total. The highest BCUT2D eigenvalue weighted by molar-refractivity contribution is 5.71. The van der Waals surface area contributed by atoms with Crippen molar-refractivity contribution in [1.29, 1.82) is 0 Å². The summed E-state index contributed by atoms with van der Waals surface area (Å²) in [5, 5.41) is 0. The average molecular weight is 1070 g/mol. The zero-order valence-corrected chi connectivity index (χ0v) is 51.0. The third-order valence-corrected chi connectivity index (χ3v) is 14.4. The van der Waals surface area contributed by atoms with Crippen LogP contribution in [-0.4, -0.2) is 37.2 Å². The lowest BCUT2D eigenvalue weighted by atomic mass is 10.0. The fourth-order valence-electron chi connectivity index (χ4n) is 9.44. The molecule has 77 heavy (non-hydrogen) atoms. The number of unbranched alkanes of at least 4 members (excludes halogenated alkanes) is 35. The van der Waals surface area contributed by atoms with Gasteiger partial charge in [0.15, 0.2) is 6.10 Å². The fraction of sp³-hybridized carbons (Fsp3) is 0.761. The molecule has 0 aliphatic rings. The molecule has 1 atom stereocenters. The van der Waals surface area contributed by atoms with Crippen molar-refractivity contribution in [1.82, 2.24) is 0 Å². The molecule has 0 aliphatic carbocycles. The number of esters is 3. The van der Waals surface area contributed by atoms with Gasteiger partial charge in [0, 0.05) is 19.3 Å². The van der Waals surface area contributed by atoms with Gasteiger partial charge in [-0.15, -0.1) is 0 Å². The lowest BCUT2D eigenvalue weighted by molar-refractivity contribution is -0.167. The number of rotatable bonds is 60. The Hall–Kier alpha value is -3.41. The first-order chi connectivity index (χ1) is 38.0. The molecule has 444 valence electrons. The number of hydrogen-bond donors (Lipinski definition) is 0. The molecular weight excluding hydrogens is 949 g/mol. The summed E-state index contributed by atoms with van der Waals surface area (Å²) in [5.74, 6) is -0.905. The van der Waals surface area contributed by atoms with E-state index in [2.05, 4.69) is 106 Å². The molecule has 0 aromatic carbocycles. The number of carbonyl (C=O) groups excluding carboxylic acids is 3. The van der Waals surface area contributed by atoms with Crippen LogP contribution in [0.5, 0.6) is 0 Å². The zero-order chi connectivity index (χ0) is 55.7. The van der Waals surface area contributed by atoms with Gasteiger partial charge in [0.1, 0.15) is 13.2 Å². The van der Waals surface area contributed by atoms with Gasteiger partial charge >= 0.3 is 17.9 Å². The molecule has 0 aromatic rings. The Labute approximate surface area is 477 Å². The summed E-state index contributed by atoms with van der Waals surface area (Å²) < 4.78 is 16.9. The Kier molecular flexibility index (Phi) is 62.2. The molecule has 0 heterocycles. The molecule has 0 fully saturated rings. The van der Waals surface area contributed by atoms with Gasteiger partial charge in [-0.25, -0.2) is 0 Å². The molecule has 0 aliphatic heterocycles. The van der Waals surface area contributed by atoms with Crippen molar-refractivity contribution in [3.05, 3.63) is 85.1 Å². The van der Waals surface area contributed by atoms with E-state index in [0.717, 1.165) is 103 Å². The Morgan fingerprint density at radius 2 is 0.506 bits per heavy atom. The van der Waals surface area contributed by atoms with E-state index in [0.29, 0.717) is 19.3 Å². The SMILES string of the molecule is CC/C=C\C/C=C\C/C=C\C/C=C\C/C=C\CCCCCC(=O)OC(COC(=O)CCCCCCCCCCCCCCC)COC(=O)CCCCCCCCCCCCCCCCC/C=C\C/C=C\CCCCCCC. The molecule has 0 radical (unpaired) electrons. The van der Waals surface area contributed by atoms with Crippen LogP contribution in [-0.2, 0) is 28.6 Å². The van der Waals surface area contributed by atoms with Crippen LogP contribution >= 0.6 is 0 Å². The molecule has 6 heteroatoms. The smallest absolute Gasteiger partial charge is 0.306 e. The van der Waals surface area contributed by atoms with Crippen molar-refractivity contribution < 1.29 is 28.6 Å². The van der Waals surface area contributed by atoms with E-state index in [9.17, 15) is 14.4 Å². The van der Waals surface area contributed by atoms with E-state index in [1.165, 1.54) is 186 Å². The molecule has 0 aromatic heterocycles. The fourth-order valence-corrected chi connectivity index (χ4v) is 9.44. The largest absolute Gasteiger partial charge is 0.462 e. The minimum absolute atomic E-state index is 0.0866. The molecule has 0 spiro atoms. The number of allylic oxidation sites excluding steroid dienone is 14. The third-order valence-electron chi connectivity index (χ3n) is 14.4. The highest BCUT2D eigenvalue weighted by Gasteiger charge is 2.19. The molecule has 0 saturated carbocycles. The van der Waals surface area contributed by atoms with Crippen LogP contribution in [0.1, 0.15) is 329 Å². The zero-order valence-electron chi connectivity index (χ0n) is 51.0. The summed E-state index contributed by atoms with van der Waals surface area (Å²) >= 11 is 0. The van der Waals surface area contributed by atoms with Gasteiger partial charge in [-0.05, 0) is 96.3 Å². The summed E-state index contributed by atoms with van der Waals surface area (Å²) in [6.45, 7) is 6.52. The third kappa shape index (κ3) is 63.3. The average Bonchev–Trinajstić information content (AvgIpc) is 3.43. The quantitative estimate of drug-likeness (QED) is 0.0261. The van der Waals surface area contributed by atoms with Crippen molar-refractivity contribution in [2.45, 2.75) is 335 Å². The van der Waals surface area contributed by atoms with Gasteiger partial charge in [-0.3, -0.25) is 14.4 Å². The summed E-state index contributed by atoms with van der Waals surface area (Å²) in [6.07, 6.45) is 86.0. The molecule has 0 rings (SSSR count). The Morgan fingerprint density at radius 1 is 0.273 bits per heavy atom. The minimum Gasteiger partial charge on any atom is -0.462 e. The molecule has 6 nitrogen and oxygen atoms in total. The predicted molar refractivity (Wildman–Crippen MR) is 334 cm³/mol. The van der Waals surface area contributed by atoms with Gasteiger partial charge in [-0.2, -0.15) is 0 Å². The highest BCUT2D eigenvalue weighted by Crippen LogP contribution is 2.17. The van der Waals surface area contributed by atoms with E-state index >= 15 is 0 Å². The normalized spacial score (nSPS) is 12.6. The first kappa shape index (κ1) is 73.6. The van der Waals surface area contributed by atoms with Crippen LogP contribution in [0, 0.1) is 0 Å². The van der Waals surface area contributed by atoms with Crippen LogP contribution in [0.2, 0.25) is 0 Å². The Bertz CT molecular complexity index is 1470. The lowest BCUT2D eigenvalue weighted by Gasteiger charge is -2.18. The van der Waals surface area contributed by atoms with E-state index in [1.807, 2.05) is 0 Å². The molecule has 0 bridgehead atoms. The molecule has 0 amide bonds. The lowest BCUT2D eigenvalue weighted by Crippen LogP contribution is -2.30. The van der Waals surface area contributed by atoms with Gasteiger partial charge in [0.25, 0.3) is 0 Å².